The summed E-state index contributed by atoms with van der Waals surface area (Å²) in [7, 11) is 0. The molecule has 0 rings (SSSR count). The van der Waals surface area contributed by atoms with Crippen molar-refractivity contribution in [3.8, 4) is 0 Å². The van der Waals surface area contributed by atoms with Gasteiger partial charge in [-0.15, -0.1) is 0 Å². The van der Waals surface area contributed by atoms with E-state index in [1.54, 1.807) is 27.7 Å². The van der Waals surface area contributed by atoms with Crippen LogP contribution in [0.4, 0.5) is 0 Å². The number of aliphatic hydroxyl groups is 10. The Labute approximate surface area is 177 Å². The van der Waals surface area contributed by atoms with E-state index in [4.69, 9.17) is 25.2 Å². The van der Waals surface area contributed by atoms with Gasteiger partial charge in [0.1, 0.15) is 0 Å². The third-order valence-corrected chi connectivity index (χ3v) is 6.22. The van der Waals surface area contributed by atoms with E-state index in [0.717, 1.165) is 0 Å². The van der Waals surface area contributed by atoms with Crippen molar-refractivity contribution >= 4 is 0 Å². The Morgan fingerprint density at radius 2 is 0.600 bits per heavy atom. The van der Waals surface area contributed by atoms with E-state index >= 15 is 0 Å². The molecule has 0 fully saturated rings. The van der Waals surface area contributed by atoms with Crippen LogP contribution in [-0.4, -0.2) is 128 Å². The molecule has 0 amide bonds. The number of rotatable bonds is 14. The zero-order valence-corrected chi connectivity index (χ0v) is 18.5. The van der Waals surface area contributed by atoms with Gasteiger partial charge in [-0.2, -0.15) is 0 Å². The summed E-state index contributed by atoms with van der Waals surface area (Å²) in [6, 6.07) is 0. The molecule has 0 spiro atoms. The molecular formula is C19H42O11. The molecule has 0 bridgehead atoms. The second-order valence-corrected chi connectivity index (χ2v) is 8.76. The number of aliphatic hydroxyl groups excluding tert-OH is 10. The lowest BCUT2D eigenvalue weighted by Gasteiger charge is -2.52. The van der Waals surface area contributed by atoms with Crippen molar-refractivity contribution in [2.45, 2.75) is 38.9 Å². The monoisotopic (exact) mass is 446 g/mol. The molecule has 184 valence electrons. The molecule has 0 radical (unpaired) electrons. The molecule has 0 aromatic heterocycles. The van der Waals surface area contributed by atoms with Crippen LogP contribution in [0.2, 0.25) is 0 Å². The summed E-state index contributed by atoms with van der Waals surface area (Å²) >= 11 is 0. The molecule has 11 heteroatoms. The van der Waals surface area contributed by atoms with Crippen LogP contribution in [0.5, 0.6) is 0 Å². The van der Waals surface area contributed by atoms with Crippen LogP contribution in [0.25, 0.3) is 0 Å². The fourth-order valence-corrected chi connectivity index (χ4v) is 2.60. The predicted molar refractivity (Wildman–Crippen MR) is 107 cm³/mol. The predicted octanol–water partition coefficient (Wildman–Crippen LogP) is -3.57. The van der Waals surface area contributed by atoms with Crippen molar-refractivity contribution in [1.82, 2.24) is 0 Å². The lowest BCUT2D eigenvalue weighted by Crippen LogP contribution is -2.62. The van der Waals surface area contributed by atoms with Gasteiger partial charge in [0.25, 0.3) is 0 Å². The Morgan fingerprint density at radius 1 is 0.400 bits per heavy atom. The van der Waals surface area contributed by atoms with E-state index in [2.05, 4.69) is 0 Å². The molecule has 0 aliphatic carbocycles. The molecule has 0 aliphatic rings. The van der Waals surface area contributed by atoms with Gasteiger partial charge in [-0.1, -0.05) is 0 Å². The highest BCUT2D eigenvalue weighted by atomic mass is 16.5. The number of ether oxygens (including phenoxy) is 1. The summed E-state index contributed by atoms with van der Waals surface area (Å²) in [5, 5.41) is 91.2. The van der Waals surface area contributed by atoms with Crippen LogP contribution >= 0.6 is 0 Å². The van der Waals surface area contributed by atoms with E-state index in [0.29, 0.717) is 0 Å². The van der Waals surface area contributed by atoms with Crippen LogP contribution < -0.4 is 0 Å². The first kappa shape index (κ1) is 31.7. The van der Waals surface area contributed by atoms with Gasteiger partial charge < -0.3 is 55.8 Å². The van der Waals surface area contributed by atoms with Gasteiger partial charge in [0.05, 0.1) is 93.5 Å². The van der Waals surface area contributed by atoms with Gasteiger partial charge in [-0.25, -0.2) is 0 Å². The van der Waals surface area contributed by atoms with Gasteiger partial charge >= 0.3 is 0 Å². The zero-order chi connectivity index (χ0) is 24.3. The lowest BCUT2D eigenvalue weighted by molar-refractivity contribution is -0.262. The van der Waals surface area contributed by atoms with Crippen molar-refractivity contribution in [2.75, 3.05) is 66.1 Å². The fourth-order valence-electron chi connectivity index (χ4n) is 2.60. The summed E-state index contributed by atoms with van der Waals surface area (Å²) in [6.45, 7) is 1.70. The quantitative estimate of drug-likeness (QED) is 0.126. The van der Waals surface area contributed by atoms with Crippen molar-refractivity contribution in [2.24, 2.45) is 16.2 Å². The molecule has 10 N–H and O–H groups in total. The third kappa shape index (κ3) is 6.78. The van der Waals surface area contributed by atoms with Crippen molar-refractivity contribution in [1.29, 1.82) is 0 Å². The Morgan fingerprint density at radius 3 is 0.700 bits per heavy atom. The lowest BCUT2D eigenvalue weighted by atomic mass is 9.71. The van der Waals surface area contributed by atoms with E-state index in [1.165, 1.54) is 0 Å². The molecule has 0 saturated heterocycles. The highest BCUT2D eigenvalue weighted by Gasteiger charge is 2.53. The van der Waals surface area contributed by atoms with Crippen molar-refractivity contribution < 1.29 is 55.8 Å². The molecule has 30 heavy (non-hydrogen) atoms. The van der Waals surface area contributed by atoms with Gasteiger partial charge in [0, 0.05) is 0 Å². The highest BCUT2D eigenvalue weighted by molar-refractivity contribution is 5.00. The summed E-state index contributed by atoms with van der Waals surface area (Å²) < 4.78 is 5.94. The molecule has 0 aromatic carbocycles. The van der Waals surface area contributed by atoms with E-state index in [1.807, 2.05) is 0 Å². The van der Waals surface area contributed by atoms with Gasteiger partial charge in [0.15, 0.2) is 0 Å². The molecule has 0 atom stereocenters. The van der Waals surface area contributed by atoms with Crippen LogP contribution in [0.15, 0.2) is 0 Å². The van der Waals surface area contributed by atoms with Crippen LogP contribution in [-0.2, 0) is 4.74 Å². The van der Waals surface area contributed by atoms with Crippen LogP contribution in [0, 0.1) is 16.2 Å². The Kier molecular flexibility index (Phi) is 14.0. The van der Waals surface area contributed by atoms with Gasteiger partial charge in [-0.05, 0) is 27.7 Å². The number of hydrogen-bond donors (Lipinski definition) is 10. The second kappa shape index (κ2) is 13.2. The minimum absolute atomic E-state index is 0.406. The summed E-state index contributed by atoms with van der Waals surface area (Å²) in [6.07, 6.45) is 0. The zero-order valence-electron chi connectivity index (χ0n) is 18.5. The van der Waals surface area contributed by atoms with Gasteiger partial charge in [-0.3, -0.25) is 0 Å². The SMILES string of the molecule is CC(C)(OC(C)(C)C(CO)(CO)CO)C(CO)(CO)CO.OCC(CO)(CO)CO. The normalized spacial score (nSPS) is 13.8. The molecule has 0 unspecified atom stereocenters. The fraction of sp³-hybridized carbons (Fsp3) is 1.00. The molecular weight excluding hydrogens is 404 g/mol. The average Bonchev–Trinajstić information content (AvgIpc) is 2.73. The molecule has 0 aliphatic heterocycles. The van der Waals surface area contributed by atoms with Crippen molar-refractivity contribution in [3.05, 3.63) is 0 Å². The first-order valence-corrected chi connectivity index (χ1v) is 9.61. The Bertz CT molecular complexity index is 378. The maximum Gasteiger partial charge on any atom is 0.0756 e. The molecule has 0 heterocycles. The highest BCUT2D eigenvalue weighted by Crippen LogP contribution is 2.42. The first-order chi connectivity index (χ1) is 13.8. The smallest absolute Gasteiger partial charge is 0.0756 e. The third-order valence-electron chi connectivity index (χ3n) is 6.22. The van der Waals surface area contributed by atoms with Crippen molar-refractivity contribution in [3.63, 3.8) is 0 Å². The largest absolute Gasteiger partial charge is 0.396 e. The molecule has 11 nitrogen and oxygen atoms in total. The summed E-state index contributed by atoms with van der Waals surface area (Å²) in [5.74, 6) is 0. The Hall–Kier alpha value is -0.440. The minimum Gasteiger partial charge on any atom is -0.396 e. The average molecular weight is 447 g/mol. The van der Waals surface area contributed by atoms with Crippen LogP contribution in [0.3, 0.4) is 0 Å². The maximum absolute atomic E-state index is 9.54. The molecule has 0 saturated carbocycles. The Balaban J connectivity index is 0. The molecule has 0 aromatic rings. The number of hydrogen-bond acceptors (Lipinski definition) is 11. The van der Waals surface area contributed by atoms with Gasteiger partial charge in [0.2, 0.25) is 0 Å². The minimum atomic E-state index is -1.31. The topological polar surface area (TPSA) is 212 Å². The van der Waals surface area contributed by atoms with E-state index in [9.17, 15) is 30.6 Å². The maximum atomic E-state index is 9.54. The standard InChI is InChI=1S/C14H30O7.C5H12O4/c1-11(2,13(5-15,6-16)7-17)21-12(3,4)14(8-18,9-19)10-20;6-1-5(2-7,3-8)4-9/h15-20H,5-10H2,1-4H3;6-9H,1-4H2. The second-order valence-electron chi connectivity index (χ2n) is 8.76. The first-order valence-electron chi connectivity index (χ1n) is 9.61. The summed E-state index contributed by atoms with van der Waals surface area (Å²) in [4.78, 5) is 0. The van der Waals surface area contributed by atoms with E-state index in [-0.39, 0.29) is 0 Å². The van der Waals surface area contributed by atoms with E-state index < -0.39 is 93.5 Å². The summed E-state index contributed by atoms with van der Waals surface area (Å²) in [5.41, 5.74) is -6.09. The van der Waals surface area contributed by atoms with Crippen LogP contribution in [0.1, 0.15) is 27.7 Å².